The van der Waals surface area contributed by atoms with E-state index in [9.17, 15) is 14.4 Å². The van der Waals surface area contributed by atoms with Gasteiger partial charge in [-0.3, -0.25) is 9.59 Å². The number of nitrogens with two attached hydrogens (primary N) is 1. The second-order valence-electron chi connectivity index (χ2n) is 4.28. The summed E-state index contributed by atoms with van der Waals surface area (Å²) < 4.78 is 4.94. The van der Waals surface area contributed by atoms with E-state index in [1.807, 2.05) is 0 Å². The first kappa shape index (κ1) is 15.7. The smallest absolute Gasteiger partial charge is 0.340 e. The van der Waals surface area contributed by atoms with Gasteiger partial charge in [0.05, 0.1) is 28.3 Å². The van der Waals surface area contributed by atoms with Gasteiger partial charge in [0, 0.05) is 5.38 Å². The van der Waals surface area contributed by atoms with Crippen LogP contribution in [0.1, 0.15) is 37.3 Å². The quantitative estimate of drug-likeness (QED) is 0.826. The van der Waals surface area contributed by atoms with Crippen molar-refractivity contribution in [3.05, 3.63) is 51.7 Å². The van der Waals surface area contributed by atoms with E-state index in [1.54, 1.807) is 31.2 Å². The maximum Gasteiger partial charge on any atom is 0.340 e. The van der Waals surface area contributed by atoms with E-state index in [-0.39, 0.29) is 17.7 Å². The van der Waals surface area contributed by atoms with Crippen LogP contribution in [0, 0.1) is 0 Å². The van der Waals surface area contributed by atoms with Gasteiger partial charge in [0.15, 0.2) is 0 Å². The summed E-state index contributed by atoms with van der Waals surface area (Å²) >= 11 is 1.10. The number of primary amides is 1. The lowest BCUT2D eigenvalue weighted by atomic mass is 10.1. The number of carbonyl (C=O) groups is 3. The Morgan fingerprint density at radius 3 is 2.64 bits per heavy atom. The zero-order valence-corrected chi connectivity index (χ0v) is 12.6. The molecule has 0 radical (unpaired) electrons. The van der Waals surface area contributed by atoms with E-state index in [0.717, 1.165) is 11.3 Å². The minimum atomic E-state index is -0.595. The van der Waals surface area contributed by atoms with E-state index < -0.39 is 17.8 Å². The Bertz CT molecular complexity index is 724. The Balaban J connectivity index is 2.21. The molecule has 2 amide bonds. The van der Waals surface area contributed by atoms with Gasteiger partial charge in [-0.05, 0) is 25.1 Å². The molecule has 7 heteroatoms. The molecule has 6 nitrogen and oxygen atoms in total. The number of nitrogens with one attached hydrogen (secondary N) is 1. The van der Waals surface area contributed by atoms with Crippen LogP contribution >= 0.6 is 11.3 Å². The van der Waals surface area contributed by atoms with Crippen LogP contribution < -0.4 is 11.1 Å². The molecule has 0 saturated carbocycles. The molecule has 114 valence electrons. The second-order valence-corrected chi connectivity index (χ2v) is 5.20. The van der Waals surface area contributed by atoms with Gasteiger partial charge in [-0.15, -0.1) is 11.3 Å². The lowest BCUT2D eigenvalue weighted by Crippen LogP contribution is -2.15. The topological polar surface area (TPSA) is 98.5 Å². The molecule has 0 spiro atoms. The minimum absolute atomic E-state index is 0.244. The summed E-state index contributed by atoms with van der Waals surface area (Å²) in [5.74, 6) is -1.53. The Morgan fingerprint density at radius 1 is 1.27 bits per heavy atom. The number of rotatable bonds is 5. The molecule has 0 aliphatic carbocycles. The van der Waals surface area contributed by atoms with Gasteiger partial charge in [-0.2, -0.15) is 0 Å². The predicted octanol–water partition coefficient (Wildman–Crippen LogP) is 2.28. The third kappa shape index (κ3) is 3.50. The van der Waals surface area contributed by atoms with Crippen molar-refractivity contribution in [2.24, 2.45) is 5.73 Å². The van der Waals surface area contributed by atoms with E-state index in [1.165, 1.54) is 11.4 Å². The fourth-order valence-electron chi connectivity index (χ4n) is 1.75. The number of carbonyl (C=O) groups excluding carboxylic acids is 3. The van der Waals surface area contributed by atoms with Crippen molar-refractivity contribution in [1.82, 2.24) is 0 Å². The van der Waals surface area contributed by atoms with Gasteiger partial charge in [0.25, 0.3) is 5.91 Å². The zero-order valence-electron chi connectivity index (χ0n) is 11.8. The van der Waals surface area contributed by atoms with Crippen LogP contribution in [0.15, 0.2) is 35.7 Å². The molecule has 3 N–H and O–H groups in total. The molecule has 0 aliphatic rings. The highest BCUT2D eigenvalue weighted by atomic mass is 32.1. The predicted molar refractivity (Wildman–Crippen MR) is 83.2 cm³/mol. The Labute approximate surface area is 130 Å². The normalized spacial score (nSPS) is 10.0. The summed E-state index contributed by atoms with van der Waals surface area (Å²) in [6.07, 6.45) is 0. The summed E-state index contributed by atoms with van der Waals surface area (Å²) in [6, 6.07) is 7.96. The monoisotopic (exact) mass is 318 g/mol. The van der Waals surface area contributed by atoms with Gasteiger partial charge in [-0.1, -0.05) is 12.1 Å². The Morgan fingerprint density at radius 2 is 2.00 bits per heavy atom. The molecule has 0 saturated heterocycles. The molecule has 0 unspecified atom stereocenters. The molecule has 1 heterocycles. The molecule has 1 aromatic carbocycles. The first-order chi connectivity index (χ1) is 10.5. The van der Waals surface area contributed by atoms with Crippen molar-refractivity contribution in [1.29, 1.82) is 0 Å². The Hall–Kier alpha value is -2.67. The van der Waals surface area contributed by atoms with Crippen LogP contribution in [-0.4, -0.2) is 24.4 Å². The summed E-state index contributed by atoms with van der Waals surface area (Å²) in [7, 11) is 0. The SMILES string of the molecule is CCOC(=O)c1ccccc1NC(=O)c1cc(C(N)=O)cs1. The standard InChI is InChI=1S/C15H14N2O4S/c1-2-21-15(20)10-5-3-4-6-11(10)17-14(19)12-7-9(8-22-12)13(16)18/h3-8H,2H2,1H3,(H2,16,18)(H,17,19). The number of ether oxygens (including phenoxy) is 1. The van der Waals surface area contributed by atoms with Gasteiger partial charge in [-0.25, -0.2) is 4.79 Å². The van der Waals surface area contributed by atoms with Gasteiger partial charge >= 0.3 is 5.97 Å². The van der Waals surface area contributed by atoms with Gasteiger partial charge in [0.2, 0.25) is 5.91 Å². The summed E-state index contributed by atoms with van der Waals surface area (Å²) in [5, 5.41) is 4.15. The molecular weight excluding hydrogens is 304 g/mol. The summed E-state index contributed by atoms with van der Waals surface area (Å²) in [4.78, 5) is 35.4. The molecule has 2 rings (SSSR count). The fraction of sp³-hybridized carbons (Fsp3) is 0.133. The number of benzene rings is 1. The number of para-hydroxylation sites is 1. The van der Waals surface area contributed by atoms with Gasteiger partial charge in [0.1, 0.15) is 0 Å². The van der Waals surface area contributed by atoms with E-state index >= 15 is 0 Å². The minimum Gasteiger partial charge on any atom is -0.462 e. The average molecular weight is 318 g/mol. The number of anilines is 1. The summed E-state index contributed by atoms with van der Waals surface area (Å²) in [6.45, 7) is 1.95. The van der Waals surface area contributed by atoms with Gasteiger partial charge < -0.3 is 15.8 Å². The van der Waals surface area contributed by atoms with Crippen molar-refractivity contribution in [2.75, 3.05) is 11.9 Å². The largest absolute Gasteiger partial charge is 0.462 e. The highest BCUT2D eigenvalue weighted by molar-refractivity contribution is 7.12. The number of thiophene rings is 1. The number of hydrogen-bond acceptors (Lipinski definition) is 5. The maximum absolute atomic E-state index is 12.2. The molecule has 22 heavy (non-hydrogen) atoms. The maximum atomic E-state index is 12.2. The average Bonchev–Trinajstić information content (AvgIpc) is 2.98. The lowest BCUT2D eigenvalue weighted by molar-refractivity contribution is 0.0527. The molecule has 1 aromatic heterocycles. The van der Waals surface area contributed by atoms with E-state index in [0.29, 0.717) is 10.6 Å². The first-order valence-corrected chi connectivity index (χ1v) is 7.36. The van der Waals surface area contributed by atoms with E-state index in [4.69, 9.17) is 10.5 Å². The highest BCUT2D eigenvalue weighted by Crippen LogP contribution is 2.20. The third-order valence-electron chi connectivity index (χ3n) is 2.78. The highest BCUT2D eigenvalue weighted by Gasteiger charge is 2.16. The fourth-order valence-corrected chi connectivity index (χ4v) is 2.54. The molecule has 0 aliphatic heterocycles. The number of amides is 2. The van der Waals surface area contributed by atoms with Crippen LogP contribution in [0.4, 0.5) is 5.69 Å². The van der Waals surface area contributed by atoms with Crippen molar-refractivity contribution in [2.45, 2.75) is 6.92 Å². The zero-order chi connectivity index (χ0) is 16.1. The number of esters is 1. The van der Waals surface area contributed by atoms with Crippen LogP contribution in [0.25, 0.3) is 0 Å². The number of hydrogen-bond donors (Lipinski definition) is 2. The van der Waals surface area contributed by atoms with Crippen molar-refractivity contribution in [3.63, 3.8) is 0 Å². The molecule has 0 fully saturated rings. The molecule has 2 aromatic rings. The Kier molecular flexibility index (Phi) is 4.90. The molecule has 0 atom stereocenters. The molecule has 0 bridgehead atoms. The van der Waals surface area contributed by atoms with Crippen molar-refractivity contribution in [3.8, 4) is 0 Å². The molecular formula is C15H14N2O4S. The van der Waals surface area contributed by atoms with Crippen LogP contribution in [0.5, 0.6) is 0 Å². The van der Waals surface area contributed by atoms with Crippen LogP contribution in [0.3, 0.4) is 0 Å². The van der Waals surface area contributed by atoms with Crippen molar-refractivity contribution < 1.29 is 19.1 Å². The summed E-state index contributed by atoms with van der Waals surface area (Å²) in [5.41, 5.74) is 6.04. The van der Waals surface area contributed by atoms with Crippen LogP contribution in [-0.2, 0) is 4.74 Å². The third-order valence-corrected chi connectivity index (χ3v) is 3.71. The van der Waals surface area contributed by atoms with Crippen LogP contribution in [0.2, 0.25) is 0 Å². The lowest BCUT2D eigenvalue weighted by Gasteiger charge is -2.09. The second kappa shape index (κ2) is 6.86. The first-order valence-electron chi connectivity index (χ1n) is 6.48. The van der Waals surface area contributed by atoms with E-state index in [2.05, 4.69) is 5.32 Å². The van der Waals surface area contributed by atoms with Crippen molar-refractivity contribution >= 4 is 34.8 Å².